The van der Waals surface area contributed by atoms with Crippen molar-refractivity contribution in [1.82, 2.24) is 0 Å². The van der Waals surface area contributed by atoms with Crippen molar-refractivity contribution in [2.24, 2.45) is 62.4 Å². The third kappa shape index (κ3) is 3.02. The fraction of sp³-hybridized carbons (Fsp3) is 0.968. The average molecular weight is 518 g/mol. The lowest BCUT2D eigenvalue weighted by molar-refractivity contribution is -0.184. The molecule has 1 saturated heterocycles. The Morgan fingerprint density at radius 1 is 1.00 bits per heavy atom. The number of rotatable bonds is 3. The number of carbonyl (C=O) groups is 1. The standard InChI is InChI=1S/C31H51NO5/c1-16(2)23(37-26(32)35)18-14-17(3)22-24(36-18)25(34)29(7)20-9-8-19-27(4,5)21(33)10-11-30(19)15-31(20,30)13-12-28(22,29)6/h16-25,33-34H,8-15H2,1-7H3,(H2,32,35)/t17-,18-,19+,20+,21+,22+,23-,24+,25+,28-,29-,30?,31+/m1/s1. The second-order valence-electron chi connectivity index (χ2n) is 15.7. The van der Waals surface area contributed by atoms with Crippen molar-refractivity contribution >= 4 is 6.09 Å². The molecule has 6 rings (SSSR count). The molecule has 0 aromatic heterocycles. The summed E-state index contributed by atoms with van der Waals surface area (Å²) in [5.74, 6) is 1.80. The fourth-order valence-electron chi connectivity index (χ4n) is 12.3. The van der Waals surface area contributed by atoms with Crippen molar-refractivity contribution in [3.63, 3.8) is 0 Å². The Kier molecular flexibility index (Phi) is 5.61. The maximum atomic E-state index is 12.3. The van der Waals surface area contributed by atoms with E-state index in [-0.39, 0.29) is 40.5 Å². The second-order valence-corrected chi connectivity index (χ2v) is 15.7. The van der Waals surface area contributed by atoms with E-state index in [4.69, 9.17) is 15.2 Å². The van der Waals surface area contributed by atoms with Crippen LogP contribution in [0, 0.1) is 56.7 Å². The number of carbonyl (C=O) groups excluding carboxylic acids is 1. The fourth-order valence-corrected chi connectivity index (χ4v) is 12.3. The number of ether oxygens (including phenoxy) is 2. The van der Waals surface area contributed by atoms with Crippen molar-refractivity contribution in [2.75, 3.05) is 0 Å². The Hall–Kier alpha value is -0.850. The van der Waals surface area contributed by atoms with Gasteiger partial charge in [-0.3, -0.25) is 0 Å². The topological polar surface area (TPSA) is 102 Å². The molecule has 0 aromatic rings. The number of amides is 1. The molecule has 6 aliphatic rings. The Balaban J connectivity index is 1.34. The van der Waals surface area contributed by atoms with Gasteiger partial charge >= 0.3 is 6.09 Å². The zero-order chi connectivity index (χ0) is 26.9. The molecule has 2 spiro atoms. The van der Waals surface area contributed by atoms with Gasteiger partial charge in [-0.15, -0.1) is 0 Å². The molecule has 6 nitrogen and oxygen atoms in total. The van der Waals surface area contributed by atoms with Crippen LogP contribution in [0.15, 0.2) is 0 Å². The zero-order valence-corrected chi connectivity index (χ0v) is 24.1. The summed E-state index contributed by atoms with van der Waals surface area (Å²) in [6, 6.07) is 0. The van der Waals surface area contributed by atoms with Crippen LogP contribution >= 0.6 is 0 Å². The highest BCUT2D eigenvalue weighted by atomic mass is 16.6. The highest BCUT2D eigenvalue weighted by molar-refractivity contribution is 5.64. The number of hydrogen-bond acceptors (Lipinski definition) is 5. The first-order valence-electron chi connectivity index (χ1n) is 15.1. The summed E-state index contributed by atoms with van der Waals surface area (Å²) in [7, 11) is 0. The third-order valence-corrected chi connectivity index (χ3v) is 14.1. The first kappa shape index (κ1) is 26.4. The van der Waals surface area contributed by atoms with Crippen LogP contribution in [-0.2, 0) is 9.47 Å². The molecule has 0 radical (unpaired) electrons. The minimum Gasteiger partial charge on any atom is -0.443 e. The molecule has 5 aliphatic carbocycles. The highest BCUT2D eigenvalue weighted by Crippen LogP contribution is 2.89. The number of aliphatic hydroxyl groups excluding tert-OH is 2. The van der Waals surface area contributed by atoms with Crippen LogP contribution in [0.25, 0.3) is 0 Å². The smallest absolute Gasteiger partial charge is 0.404 e. The van der Waals surface area contributed by atoms with Gasteiger partial charge in [0.1, 0.15) is 6.10 Å². The van der Waals surface area contributed by atoms with E-state index in [0.29, 0.717) is 34.5 Å². The second kappa shape index (κ2) is 7.87. The number of primary amides is 1. The van der Waals surface area contributed by atoms with Gasteiger partial charge in [0.15, 0.2) is 0 Å². The van der Waals surface area contributed by atoms with Gasteiger partial charge in [0.2, 0.25) is 0 Å². The van der Waals surface area contributed by atoms with Gasteiger partial charge in [0.05, 0.1) is 24.4 Å². The first-order valence-corrected chi connectivity index (χ1v) is 15.1. The van der Waals surface area contributed by atoms with Crippen LogP contribution in [-0.4, -0.2) is 46.8 Å². The highest BCUT2D eigenvalue weighted by Gasteiger charge is 2.84. The summed E-state index contributed by atoms with van der Waals surface area (Å²) in [5.41, 5.74) is 5.84. The Labute approximate surface area is 223 Å². The molecule has 1 aliphatic heterocycles. The largest absolute Gasteiger partial charge is 0.443 e. The van der Waals surface area contributed by atoms with Crippen molar-refractivity contribution in [3.05, 3.63) is 0 Å². The van der Waals surface area contributed by atoms with E-state index in [1.807, 2.05) is 13.8 Å². The van der Waals surface area contributed by atoms with Crippen LogP contribution in [0.4, 0.5) is 4.79 Å². The van der Waals surface area contributed by atoms with E-state index in [9.17, 15) is 15.0 Å². The van der Waals surface area contributed by atoms with Crippen LogP contribution in [0.5, 0.6) is 0 Å². The molecule has 0 bridgehead atoms. The Bertz CT molecular complexity index is 967. The Morgan fingerprint density at radius 2 is 1.65 bits per heavy atom. The van der Waals surface area contributed by atoms with E-state index in [1.165, 1.54) is 12.8 Å². The Morgan fingerprint density at radius 3 is 2.30 bits per heavy atom. The average Bonchev–Trinajstić information content (AvgIpc) is 3.45. The van der Waals surface area contributed by atoms with Crippen LogP contribution in [0.1, 0.15) is 99.8 Å². The lowest BCUT2D eigenvalue weighted by atomic mass is 9.41. The third-order valence-electron chi connectivity index (χ3n) is 14.1. The molecule has 6 heteroatoms. The summed E-state index contributed by atoms with van der Waals surface area (Å²) in [5, 5.41) is 23.2. The molecule has 1 amide bonds. The maximum Gasteiger partial charge on any atom is 0.404 e. The van der Waals surface area contributed by atoms with E-state index >= 15 is 0 Å². The molecule has 210 valence electrons. The van der Waals surface area contributed by atoms with Crippen molar-refractivity contribution in [1.29, 1.82) is 0 Å². The van der Waals surface area contributed by atoms with Gasteiger partial charge in [-0.1, -0.05) is 48.5 Å². The summed E-state index contributed by atoms with van der Waals surface area (Å²) in [6.45, 7) is 15.9. The summed E-state index contributed by atoms with van der Waals surface area (Å²) >= 11 is 0. The van der Waals surface area contributed by atoms with Gasteiger partial charge in [-0.25, -0.2) is 4.79 Å². The first-order chi connectivity index (χ1) is 17.2. The molecule has 5 saturated carbocycles. The molecular formula is C31H51NO5. The maximum absolute atomic E-state index is 12.3. The van der Waals surface area contributed by atoms with E-state index < -0.39 is 18.3 Å². The summed E-state index contributed by atoms with van der Waals surface area (Å²) < 4.78 is 12.4. The number of aliphatic hydroxyl groups is 2. The van der Waals surface area contributed by atoms with Crippen molar-refractivity contribution in [2.45, 2.75) is 130 Å². The van der Waals surface area contributed by atoms with Crippen molar-refractivity contribution < 1.29 is 24.5 Å². The number of fused-ring (bicyclic) bond motifs is 4. The molecule has 13 atom stereocenters. The van der Waals surface area contributed by atoms with Crippen LogP contribution in [0.2, 0.25) is 0 Å². The quantitative estimate of drug-likeness (QED) is 0.473. The van der Waals surface area contributed by atoms with E-state index in [0.717, 1.165) is 38.5 Å². The molecule has 0 aromatic carbocycles. The zero-order valence-electron chi connectivity index (χ0n) is 24.1. The molecule has 1 unspecified atom stereocenters. The lowest BCUT2D eigenvalue weighted by Gasteiger charge is -2.63. The lowest BCUT2D eigenvalue weighted by Crippen LogP contribution is -2.59. The SMILES string of the molecule is CC(C)[C@@H](OC(N)=O)[C@H]1C[C@@H](C)[C@H]2[C@H](O1)[C@H](O)[C@@]1(C)[C@@H]3CC[C@H]4C(C)(C)[C@@H](O)CCC45C[C@@]35CC[C@]21C. The van der Waals surface area contributed by atoms with Gasteiger partial charge in [-0.05, 0) is 103 Å². The van der Waals surface area contributed by atoms with Gasteiger partial charge in [0, 0.05) is 5.41 Å². The molecule has 37 heavy (non-hydrogen) atoms. The number of nitrogens with two attached hydrogens (primary N) is 1. The van der Waals surface area contributed by atoms with Gasteiger partial charge in [0.25, 0.3) is 0 Å². The molecular weight excluding hydrogens is 466 g/mol. The monoisotopic (exact) mass is 517 g/mol. The van der Waals surface area contributed by atoms with E-state index in [1.54, 1.807) is 0 Å². The summed E-state index contributed by atoms with van der Waals surface area (Å²) in [6.07, 6.45) is 6.46. The van der Waals surface area contributed by atoms with Crippen molar-refractivity contribution in [3.8, 4) is 0 Å². The van der Waals surface area contributed by atoms with Crippen LogP contribution < -0.4 is 5.73 Å². The molecule has 6 fully saturated rings. The van der Waals surface area contributed by atoms with E-state index in [2.05, 4.69) is 34.6 Å². The predicted molar refractivity (Wildman–Crippen MR) is 141 cm³/mol. The molecule has 1 heterocycles. The van der Waals surface area contributed by atoms with Crippen LogP contribution in [0.3, 0.4) is 0 Å². The van der Waals surface area contributed by atoms with Gasteiger partial charge < -0.3 is 25.4 Å². The minimum absolute atomic E-state index is 0.00950. The normalized spacial score (nSPS) is 56.3. The minimum atomic E-state index is -0.755. The predicted octanol–water partition coefficient (Wildman–Crippen LogP) is 5.28. The molecule has 4 N–H and O–H groups in total. The summed E-state index contributed by atoms with van der Waals surface area (Å²) in [4.78, 5) is 11.7. The number of hydrogen-bond donors (Lipinski definition) is 3. The van der Waals surface area contributed by atoms with Gasteiger partial charge in [-0.2, -0.15) is 0 Å².